The van der Waals surface area contributed by atoms with E-state index in [0.717, 1.165) is 27.0 Å². The van der Waals surface area contributed by atoms with Crippen molar-refractivity contribution < 1.29 is 4.79 Å². The van der Waals surface area contributed by atoms with Gasteiger partial charge in [-0.3, -0.25) is 14.5 Å². The number of piperazine rings is 1. The van der Waals surface area contributed by atoms with Gasteiger partial charge in [-0.25, -0.2) is 4.68 Å². The fourth-order valence-electron chi connectivity index (χ4n) is 4.96. The molecule has 1 aliphatic rings. The van der Waals surface area contributed by atoms with Gasteiger partial charge in [-0.2, -0.15) is 0 Å². The van der Waals surface area contributed by atoms with Crippen LogP contribution < -0.4 is 5.56 Å². The average molecular weight is 610 g/mol. The normalized spacial score (nSPS) is 14.5. The molecule has 0 bridgehead atoms. The van der Waals surface area contributed by atoms with Crippen LogP contribution in [0.1, 0.15) is 41.0 Å². The third-order valence-electron chi connectivity index (χ3n) is 7.32. The van der Waals surface area contributed by atoms with E-state index in [-0.39, 0.29) is 17.0 Å². The van der Waals surface area contributed by atoms with Crippen LogP contribution in [-0.2, 0) is 12.1 Å². The van der Waals surface area contributed by atoms with Crippen LogP contribution in [0.3, 0.4) is 0 Å². The SMILES string of the molecule is Cc1cccc(Cn2cccc(C(=O)N3CCN(C(C)(C)c4cn(-c5ccc(Br)cc5Cl)nn4)CC3)c2=O)c1. The molecule has 10 heteroatoms. The first kappa shape index (κ1) is 27.3. The molecule has 8 nitrogen and oxygen atoms in total. The molecule has 2 aromatic carbocycles. The number of pyridine rings is 1. The number of carbonyl (C=O) groups excluding carboxylic acids is 1. The summed E-state index contributed by atoms with van der Waals surface area (Å²) in [7, 11) is 0. The Hall–Kier alpha value is -3.27. The largest absolute Gasteiger partial charge is 0.336 e. The third-order valence-corrected chi connectivity index (χ3v) is 8.12. The third kappa shape index (κ3) is 5.71. The highest BCUT2D eigenvalue weighted by molar-refractivity contribution is 9.10. The molecule has 0 unspecified atom stereocenters. The Kier molecular flexibility index (Phi) is 7.75. The Morgan fingerprint density at radius 1 is 1.05 bits per heavy atom. The quantitative estimate of drug-likeness (QED) is 0.311. The lowest BCUT2D eigenvalue weighted by Gasteiger charge is -2.43. The van der Waals surface area contributed by atoms with Gasteiger partial charge in [-0.05, 0) is 56.7 Å². The van der Waals surface area contributed by atoms with E-state index >= 15 is 0 Å². The summed E-state index contributed by atoms with van der Waals surface area (Å²) in [5, 5.41) is 9.33. The van der Waals surface area contributed by atoms with E-state index in [9.17, 15) is 9.59 Å². The Morgan fingerprint density at radius 2 is 1.82 bits per heavy atom. The molecule has 0 atom stereocenters. The monoisotopic (exact) mass is 608 g/mol. The molecule has 39 heavy (non-hydrogen) atoms. The van der Waals surface area contributed by atoms with Gasteiger partial charge in [0.15, 0.2) is 0 Å². The van der Waals surface area contributed by atoms with Gasteiger partial charge in [-0.1, -0.05) is 62.6 Å². The zero-order valence-electron chi connectivity index (χ0n) is 22.1. The highest BCUT2D eigenvalue weighted by atomic mass is 79.9. The summed E-state index contributed by atoms with van der Waals surface area (Å²) in [6, 6.07) is 17.0. The lowest BCUT2D eigenvalue weighted by atomic mass is 9.97. The van der Waals surface area contributed by atoms with Gasteiger partial charge in [0.1, 0.15) is 11.3 Å². The molecule has 1 saturated heterocycles. The van der Waals surface area contributed by atoms with Crippen LogP contribution >= 0.6 is 27.5 Å². The van der Waals surface area contributed by atoms with Crippen molar-refractivity contribution in [3.8, 4) is 5.69 Å². The molecule has 4 aromatic rings. The van der Waals surface area contributed by atoms with Crippen molar-refractivity contribution in [3.05, 3.63) is 109 Å². The van der Waals surface area contributed by atoms with E-state index in [1.807, 2.05) is 55.6 Å². The smallest absolute Gasteiger partial charge is 0.263 e. The number of nitrogens with zero attached hydrogens (tertiary/aromatic N) is 6. The molecular formula is C29H30BrClN6O2. The molecule has 3 heterocycles. The summed E-state index contributed by atoms with van der Waals surface area (Å²) in [5.41, 5.74) is 3.24. The van der Waals surface area contributed by atoms with Crippen LogP contribution in [-0.4, -0.2) is 61.4 Å². The molecule has 0 aliphatic carbocycles. The number of hydrogen-bond acceptors (Lipinski definition) is 5. The van der Waals surface area contributed by atoms with Crippen molar-refractivity contribution in [2.75, 3.05) is 26.2 Å². The molecule has 0 N–H and O–H groups in total. The Bertz CT molecular complexity index is 1570. The number of rotatable bonds is 6. The second-order valence-electron chi connectivity index (χ2n) is 10.3. The van der Waals surface area contributed by atoms with Gasteiger partial charge >= 0.3 is 0 Å². The van der Waals surface area contributed by atoms with E-state index < -0.39 is 5.54 Å². The second kappa shape index (κ2) is 11.1. The van der Waals surface area contributed by atoms with E-state index in [2.05, 4.69) is 45.0 Å². The molecule has 1 aliphatic heterocycles. The van der Waals surface area contributed by atoms with Crippen LogP contribution in [0.5, 0.6) is 0 Å². The lowest BCUT2D eigenvalue weighted by Crippen LogP contribution is -2.55. The van der Waals surface area contributed by atoms with Crippen molar-refractivity contribution >= 4 is 33.4 Å². The summed E-state index contributed by atoms with van der Waals surface area (Å²) in [6.45, 7) is 8.97. The van der Waals surface area contributed by atoms with Crippen LogP contribution in [0.2, 0.25) is 5.02 Å². The Balaban J connectivity index is 1.27. The molecule has 0 spiro atoms. The number of aromatic nitrogens is 4. The van der Waals surface area contributed by atoms with Gasteiger partial charge in [0.2, 0.25) is 0 Å². The van der Waals surface area contributed by atoms with E-state index in [1.165, 1.54) is 0 Å². The molecule has 202 valence electrons. The summed E-state index contributed by atoms with van der Waals surface area (Å²) >= 11 is 9.84. The second-order valence-corrected chi connectivity index (χ2v) is 11.6. The zero-order chi connectivity index (χ0) is 27.7. The lowest BCUT2D eigenvalue weighted by molar-refractivity contribution is 0.0377. The number of amides is 1. The molecule has 1 amide bonds. The molecule has 0 saturated carbocycles. The molecule has 0 radical (unpaired) electrons. The van der Waals surface area contributed by atoms with Gasteiger partial charge in [0, 0.05) is 36.8 Å². The number of carbonyl (C=O) groups is 1. The van der Waals surface area contributed by atoms with Gasteiger partial charge in [0.25, 0.3) is 11.5 Å². The predicted octanol–water partition coefficient (Wildman–Crippen LogP) is 4.89. The fourth-order valence-corrected chi connectivity index (χ4v) is 5.72. The van der Waals surface area contributed by atoms with E-state index in [1.54, 1.807) is 32.5 Å². The highest BCUT2D eigenvalue weighted by Gasteiger charge is 2.35. The van der Waals surface area contributed by atoms with Gasteiger partial charge in [-0.15, -0.1) is 5.10 Å². The Morgan fingerprint density at radius 3 is 2.54 bits per heavy atom. The summed E-state index contributed by atoms with van der Waals surface area (Å²) in [5.74, 6) is -0.230. The van der Waals surface area contributed by atoms with Crippen LogP contribution in [0.25, 0.3) is 5.69 Å². The Labute approximate surface area is 240 Å². The predicted molar refractivity (Wildman–Crippen MR) is 156 cm³/mol. The minimum atomic E-state index is -0.414. The minimum Gasteiger partial charge on any atom is -0.336 e. The van der Waals surface area contributed by atoms with E-state index in [0.29, 0.717) is 37.7 Å². The van der Waals surface area contributed by atoms with Crippen molar-refractivity contribution in [3.63, 3.8) is 0 Å². The van der Waals surface area contributed by atoms with Crippen molar-refractivity contribution in [1.82, 2.24) is 29.4 Å². The maximum Gasteiger partial charge on any atom is 0.263 e. The summed E-state index contributed by atoms with van der Waals surface area (Å²) in [6.07, 6.45) is 3.63. The first-order valence-electron chi connectivity index (χ1n) is 12.8. The number of benzene rings is 2. The first-order valence-corrected chi connectivity index (χ1v) is 14.0. The van der Waals surface area contributed by atoms with Crippen molar-refractivity contribution in [2.45, 2.75) is 32.9 Å². The van der Waals surface area contributed by atoms with E-state index in [4.69, 9.17) is 11.6 Å². The van der Waals surface area contributed by atoms with Gasteiger partial charge in [0.05, 0.1) is 29.0 Å². The molecule has 1 fully saturated rings. The van der Waals surface area contributed by atoms with Crippen LogP contribution in [0, 0.1) is 6.92 Å². The molecular weight excluding hydrogens is 580 g/mol. The molecule has 5 rings (SSSR count). The minimum absolute atomic E-state index is 0.201. The summed E-state index contributed by atoms with van der Waals surface area (Å²) in [4.78, 5) is 30.6. The summed E-state index contributed by atoms with van der Waals surface area (Å²) < 4.78 is 4.18. The van der Waals surface area contributed by atoms with Crippen LogP contribution in [0.15, 0.2) is 76.3 Å². The first-order chi connectivity index (χ1) is 18.6. The van der Waals surface area contributed by atoms with Gasteiger partial charge < -0.3 is 9.47 Å². The average Bonchev–Trinajstić information content (AvgIpc) is 3.41. The zero-order valence-corrected chi connectivity index (χ0v) is 24.5. The molecule has 2 aromatic heterocycles. The maximum atomic E-state index is 13.4. The van der Waals surface area contributed by atoms with Crippen LogP contribution in [0.4, 0.5) is 0 Å². The number of hydrogen-bond donors (Lipinski definition) is 0. The highest BCUT2D eigenvalue weighted by Crippen LogP contribution is 2.29. The standard InChI is InChI=1S/C29H30BrClN6O2/c1-20-6-4-7-21(16-20)18-35-11-5-8-23(28(35)39)27(38)34-12-14-36(15-13-34)29(2,3)26-19-37(33-32-26)25-10-9-22(30)17-24(25)31/h4-11,16-17,19H,12-15,18H2,1-3H3. The van der Waals surface area contributed by atoms with Crippen molar-refractivity contribution in [2.24, 2.45) is 0 Å². The van der Waals surface area contributed by atoms with Crippen molar-refractivity contribution in [1.29, 1.82) is 0 Å². The number of aryl methyl sites for hydroxylation is 1. The topological polar surface area (TPSA) is 76.3 Å². The number of halogens is 2. The fraction of sp³-hybridized carbons (Fsp3) is 0.310. The maximum absolute atomic E-state index is 13.4.